The Kier molecular flexibility index (Phi) is 5.58. The molecule has 3 aromatic rings. The second-order valence-corrected chi connectivity index (χ2v) is 6.91. The van der Waals surface area contributed by atoms with E-state index in [1.807, 2.05) is 48.8 Å². The van der Waals surface area contributed by atoms with E-state index < -0.39 is 0 Å². The number of aromatic nitrogens is 3. The molecule has 1 saturated heterocycles. The van der Waals surface area contributed by atoms with Crippen LogP contribution in [0.25, 0.3) is 11.3 Å². The predicted molar refractivity (Wildman–Crippen MR) is 110 cm³/mol. The fourth-order valence-electron chi connectivity index (χ4n) is 3.39. The largest absolute Gasteiger partial charge is 0.366 e. The Bertz CT molecular complexity index is 843. The summed E-state index contributed by atoms with van der Waals surface area (Å²) in [6.45, 7) is 2.78. The van der Waals surface area contributed by atoms with Crippen LogP contribution in [0, 0.1) is 0 Å². The summed E-state index contributed by atoms with van der Waals surface area (Å²) in [5, 5.41) is 3.46. The van der Waals surface area contributed by atoms with Gasteiger partial charge in [0.2, 0.25) is 5.95 Å². The van der Waals surface area contributed by atoms with Crippen molar-refractivity contribution in [1.82, 2.24) is 15.0 Å². The fourth-order valence-corrected chi connectivity index (χ4v) is 3.39. The molecule has 1 N–H and O–H groups in total. The zero-order valence-electron chi connectivity index (χ0n) is 15.5. The predicted octanol–water partition coefficient (Wildman–Crippen LogP) is 4.53. The fraction of sp³-hybridized carbons (Fsp3) is 0.318. The third-order valence-electron chi connectivity index (χ3n) is 4.90. The highest BCUT2D eigenvalue weighted by molar-refractivity contribution is 5.64. The van der Waals surface area contributed by atoms with Gasteiger partial charge in [-0.3, -0.25) is 4.98 Å². The number of pyridine rings is 1. The minimum absolute atomic E-state index is 0.715. The molecule has 1 aromatic carbocycles. The SMILES string of the molecule is c1ccc(-c2cc(NCc3ccncc3)nc(N3CCCCCC3)n2)cc1. The first kappa shape index (κ1) is 17.5. The first-order valence-corrected chi connectivity index (χ1v) is 9.71. The van der Waals surface area contributed by atoms with Gasteiger partial charge in [0.15, 0.2) is 0 Å². The maximum Gasteiger partial charge on any atom is 0.227 e. The lowest BCUT2D eigenvalue weighted by Gasteiger charge is -2.21. The van der Waals surface area contributed by atoms with Crippen LogP contribution in [0.2, 0.25) is 0 Å². The van der Waals surface area contributed by atoms with E-state index in [1.165, 1.54) is 31.2 Å². The summed E-state index contributed by atoms with van der Waals surface area (Å²) in [7, 11) is 0. The van der Waals surface area contributed by atoms with E-state index >= 15 is 0 Å². The van der Waals surface area contributed by atoms with E-state index in [4.69, 9.17) is 9.97 Å². The van der Waals surface area contributed by atoms with Gasteiger partial charge >= 0.3 is 0 Å². The van der Waals surface area contributed by atoms with E-state index in [0.717, 1.165) is 36.1 Å². The molecule has 4 rings (SSSR count). The lowest BCUT2D eigenvalue weighted by Crippen LogP contribution is -2.26. The van der Waals surface area contributed by atoms with Gasteiger partial charge in [0.25, 0.3) is 0 Å². The first-order valence-electron chi connectivity index (χ1n) is 9.71. The molecule has 0 aliphatic carbocycles. The minimum Gasteiger partial charge on any atom is -0.366 e. The summed E-state index contributed by atoms with van der Waals surface area (Å²) in [6.07, 6.45) is 8.63. The number of benzene rings is 1. The van der Waals surface area contributed by atoms with Crippen molar-refractivity contribution in [3.8, 4) is 11.3 Å². The third-order valence-corrected chi connectivity index (χ3v) is 4.90. The van der Waals surface area contributed by atoms with Crippen molar-refractivity contribution < 1.29 is 0 Å². The van der Waals surface area contributed by atoms with Crippen LogP contribution in [0.3, 0.4) is 0 Å². The molecule has 5 heteroatoms. The minimum atomic E-state index is 0.715. The topological polar surface area (TPSA) is 53.9 Å². The van der Waals surface area contributed by atoms with Gasteiger partial charge in [-0.15, -0.1) is 0 Å². The van der Waals surface area contributed by atoms with Gasteiger partial charge in [-0.1, -0.05) is 43.2 Å². The van der Waals surface area contributed by atoms with Crippen LogP contribution in [0.4, 0.5) is 11.8 Å². The van der Waals surface area contributed by atoms with Crippen LogP contribution < -0.4 is 10.2 Å². The van der Waals surface area contributed by atoms with Gasteiger partial charge in [0, 0.05) is 43.7 Å². The molecule has 0 saturated carbocycles. The molecule has 0 bridgehead atoms. The van der Waals surface area contributed by atoms with Crippen LogP contribution >= 0.6 is 0 Å². The maximum atomic E-state index is 4.89. The molecule has 1 fully saturated rings. The lowest BCUT2D eigenvalue weighted by atomic mass is 10.1. The Morgan fingerprint density at radius 3 is 2.33 bits per heavy atom. The van der Waals surface area contributed by atoms with Crippen molar-refractivity contribution >= 4 is 11.8 Å². The first-order chi connectivity index (χ1) is 13.4. The van der Waals surface area contributed by atoms with E-state index in [2.05, 4.69) is 27.3 Å². The van der Waals surface area contributed by atoms with Crippen LogP contribution in [0.5, 0.6) is 0 Å². The van der Waals surface area contributed by atoms with E-state index in [0.29, 0.717) is 6.54 Å². The van der Waals surface area contributed by atoms with Crippen molar-refractivity contribution in [2.75, 3.05) is 23.3 Å². The summed E-state index contributed by atoms with van der Waals surface area (Å²) in [5.41, 5.74) is 3.26. The molecule has 27 heavy (non-hydrogen) atoms. The van der Waals surface area contributed by atoms with Crippen LogP contribution in [-0.2, 0) is 6.54 Å². The highest BCUT2D eigenvalue weighted by Crippen LogP contribution is 2.24. The van der Waals surface area contributed by atoms with E-state index in [-0.39, 0.29) is 0 Å². The number of hydrogen-bond donors (Lipinski definition) is 1. The van der Waals surface area contributed by atoms with Gasteiger partial charge in [-0.05, 0) is 30.5 Å². The molecule has 0 radical (unpaired) electrons. The Balaban J connectivity index is 1.63. The standard InChI is InChI=1S/C22H25N5/c1-2-7-15-27(14-6-1)22-25-20(19-8-4-3-5-9-19)16-21(26-22)24-17-18-10-12-23-13-11-18/h3-5,8-13,16H,1-2,6-7,14-15,17H2,(H,24,25,26). The molecule has 0 spiro atoms. The third kappa shape index (κ3) is 4.61. The number of nitrogens with zero attached hydrogens (tertiary/aromatic N) is 4. The average molecular weight is 359 g/mol. The molecule has 5 nitrogen and oxygen atoms in total. The van der Waals surface area contributed by atoms with E-state index in [1.54, 1.807) is 0 Å². The van der Waals surface area contributed by atoms with Crippen LogP contribution in [-0.4, -0.2) is 28.0 Å². The summed E-state index contributed by atoms with van der Waals surface area (Å²) < 4.78 is 0. The molecular formula is C22H25N5. The molecule has 1 aliphatic rings. The molecule has 0 atom stereocenters. The number of anilines is 2. The van der Waals surface area contributed by atoms with Crippen molar-refractivity contribution in [3.05, 3.63) is 66.5 Å². The molecule has 138 valence electrons. The molecule has 0 amide bonds. The van der Waals surface area contributed by atoms with Crippen molar-refractivity contribution in [2.45, 2.75) is 32.2 Å². The molecular weight excluding hydrogens is 334 g/mol. The zero-order valence-corrected chi connectivity index (χ0v) is 15.5. The monoisotopic (exact) mass is 359 g/mol. The van der Waals surface area contributed by atoms with Gasteiger partial charge in [0.1, 0.15) is 5.82 Å². The normalized spacial score (nSPS) is 14.6. The Hall–Kier alpha value is -2.95. The smallest absolute Gasteiger partial charge is 0.227 e. The Morgan fingerprint density at radius 1 is 0.852 bits per heavy atom. The molecule has 2 aromatic heterocycles. The van der Waals surface area contributed by atoms with Gasteiger partial charge in [-0.2, -0.15) is 4.98 Å². The highest BCUT2D eigenvalue weighted by atomic mass is 15.3. The van der Waals surface area contributed by atoms with Crippen LogP contribution in [0.1, 0.15) is 31.2 Å². The second kappa shape index (κ2) is 8.62. The van der Waals surface area contributed by atoms with E-state index in [9.17, 15) is 0 Å². The van der Waals surface area contributed by atoms with Gasteiger partial charge in [-0.25, -0.2) is 4.98 Å². The summed E-state index contributed by atoms with van der Waals surface area (Å²) in [4.78, 5) is 16.1. The van der Waals surface area contributed by atoms with Crippen molar-refractivity contribution in [1.29, 1.82) is 0 Å². The molecule has 1 aliphatic heterocycles. The summed E-state index contributed by atoms with van der Waals surface area (Å²) in [6, 6.07) is 16.4. The molecule has 3 heterocycles. The van der Waals surface area contributed by atoms with Crippen LogP contribution in [0.15, 0.2) is 60.9 Å². The Labute approximate surface area is 160 Å². The maximum absolute atomic E-state index is 4.89. The molecule has 0 unspecified atom stereocenters. The van der Waals surface area contributed by atoms with Crippen molar-refractivity contribution in [3.63, 3.8) is 0 Å². The lowest BCUT2D eigenvalue weighted by molar-refractivity contribution is 0.726. The second-order valence-electron chi connectivity index (χ2n) is 6.91. The van der Waals surface area contributed by atoms with Gasteiger partial charge < -0.3 is 10.2 Å². The summed E-state index contributed by atoms with van der Waals surface area (Å²) >= 11 is 0. The number of nitrogens with one attached hydrogen (secondary N) is 1. The highest BCUT2D eigenvalue weighted by Gasteiger charge is 2.15. The zero-order chi connectivity index (χ0) is 18.3. The average Bonchev–Trinajstić information content (AvgIpc) is 3.03. The quantitative estimate of drug-likeness (QED) is 0.725. The number of hydrogen-bond acceptors (Lipinski definition) is 5. The summed E-state index contributed by atoms with van der Waals surface area (Å²) in [5.74, 6) is 1.69. The number of rotatable bonds is 5. The Morgan fingerprint density at radius 2 is 1.59 bits per heavy atom. The van der Waals surface area contributed by atoms with Crippen molar-refractivity contribution in [2.24, 2.45) is 0 Å². The van der Waals surface area contributed by atoms with Gasteiger partial charge in [0.05, 0.1) is 5.69 Å².